The van der Waals surface area contributed by atoms with Gasteiger partial charge in [0.15, 0.2) is 5.78 Å². The van der Waals surface area contributed by atoms with Crippen LogP contribution < -0.4 is 5.32 Å². The van der Waals surface area contributed by atoms with E-state index >= 15 is 0 Å². The predicted molar refractivity (Wildman–Crippen MR) is 86.3 cm³/mol. The van der Waals surface area contributed by atoms with Crippen molar-refractivity contribution in [3.05, 3.63) is 65.2 Å². The predicted octanol–water partition coefficient (Wildman–Crippen LogP) is 3.24. The molecule has 4 heteroatoms. The van der Waals surface area contributed by atoms with Crippen molar-refractivity contribution in [1.29, 1.82) is 0 Å². The molecule has 0 bridgehead atoms. The summed E-state index contributed by atoms with van der Waals surface area (Å²) in [6.45, 7) is 2.29. The van der Waals surface area contributed by atoms with E-state index in [0.717, 1.165) is 5.56 Å². The van der Waals surface area contributed by atoms with Crippen molar-refractivity contribution in [3.8, 4) is 0 Å². The van der Waals surface area contributed by atoms with Gasteiger partial charge in [-0.3, -0.25) is 4.79 Å². The third kappa shape index (κ3) is 4.06. The van der Waals surface area contributed by atoms with E-state index in [1.807, 2.05) is 49.4 Å². The molecule has 0 aliphatic carbocycles. The van der Waals surface area contributed by atoms with Crippen LogP contribution in [-0.4, -0.2) is 29.4 Å². The maximum absolute atomic E-state index is 12.6. The summed E-state index contributed by atoms with van der Waals surface area (Å²) in [7, 11) is 0. The third-order valence-electron chi connectivity index (χ3n) is 3.19. The Balaban J connectivity index is 2.22. The summed E-state index contributed by atoms with van der Waals surface area (Å²) in [5.74, 6) is 0.111. The van der Waals surface area contributed by atoms with Gasteiger partial charge in [0.2, 0.25) is 0 Å². The van der Waals surface area contributed by atoms with Crippen LogP contribution in [0.15, 0.2) is 48.5 Å². The second kappa shape index (κ2) is 7.25. The van der Waals surface area contributed by atoms with Gasteiger partial charge in [0.05, 0.1) is 12.0 Å². The summed E-state index contributed by atoms with van der Waals surface area (Å²) in [4.78, 5) is 12.6. The van der Waals surface area contributed by atoms with E-state index in [2.05, 4.69) is 5.32 Å². The summed E-state index contributed by atoms with van der Waals surface area (Å²) in [5.41, 5.74) is 3.05. The fourth-order valence-corrected chi connectivity index (χ4v) is 2.09. The van der Waals surface area contributed by atoms with Crippen LogP contribution in [0.2, 0.25) is 0 Å². The van der Waals surface area contributed by atoms with E-state index in [0.29, 0.717) is 23.4 Å². The SMILES string of the molecule is Cc1ccc(C(=O)c2ccccc2NCC(O)CCl)cc1. The summed E-state index contributed by atoms with van der Waals surface area (Å²) in [5, 5.41) is 12.6. The van der Waals surface area contributed by atoms with E-state index in [-0.39, 0.29) is 11.7 Å². The second-order valence-electron chi connectivity index (χ2n) is 4.93. The largest absolute Gasteiger partial charge is 0.390 e. The maximum atomic E-state index is 12.6. The van der Waals surface area contributed by atoms with E-state index in [1.165, 1.54) is 0 Å². The molecule has 1 atom stereocenters. The number of aliphatic hydroxyl groups is 1. The minimum absolute atomic E-state index is 0.0431. The van der Waals surface area contributed by atoms with E-state index in [4.69, 9.17) is 11.6 Å². The molecule has 0 radical (unpaired) electrons. The number of carbonyl (C=O) groups is 1. The number of para-hydroxylation sites is 1. The molecule has 0 aliphatic heterocycles. The number of rotatable bonds is 6. The molecule has 2 aromatic carbocycles. The van der Waals surface area contributed by atoms with Crippen LogP contribution in [0.1, 0.15) is 21.5 Å². The monoisotopic (exact) mass is 303 g/mol. The number of benzene rings is 2. The molecular formula is C17H18ClNO2. The summed E-state index contributed by atoms with van der Waals surface area (Å²) >= 11 is 5.57. The van der Waals surface area contributed by atoms with Crippen molar-refractivity contribution in [1.82, 2.24) is 0 Å². The molecule has 0 amide bonds. The van der Waals surface area contributed by atoms with Gasteiger partial charge < -0.3 is 10.4 Å². The highest BCUT2D eigenvalue weighted by Gasteiger charge is 2.13. The molecule has 0 spiro atoms. The molecule has 2 rings (SSSR count). The van der Waals surface area contributed by atoms with Gasteiger partial charge in [0.25, 0.3) is 0 Å². The number of carbonyl (C=O) groups excluding carboxylic acids is 1. The maximum Gasteiger partial charge on any atom is 0.195 e. The molecule has 2 N–H and O–H groups in total. The van der Waals surface area contributed by atoms with Gasteiger partial charge in [-0.1, -0.05) is 42.0 Å². The van der Waals surface area contributed by atoms with E-state index < -0.39 is 6.10 Å². The molecule has 1 unspecified atom stereocenters. The number of aryl methyl sites for hydroxylation is 1. The van der Waals surface area contributed by atoms with Crippen molar-refractivity contribution in [2.24, 2.45) is 0 Å². The molecule has 0 fully saturated rings. The van der Waals surface area contributed by atoms with Crippen LogP contribution in [0.4, 0.5) is 5.69 Å². The van der Waals surface area contributed by atoms with Crippen LogP contribution in [0.5, 0.6) is 0 Å². The Morgan fingerprint density at radius 3 is 2.52 bits per heavy atom. The molecule has 3 nitrogen and oxygen atoms in total. The topological polar surface area (TPSA) is 49.3 Å². The first-order chi connectivity index (χ1) is 10.1. The highest BCUT2D eigenvalue weighted by Crippen LogP contribution is 2.19. The number of halogens is 1. The van der Waals surface area contributed by atoms with Crippen molar-refractivity contribution >= 4 is 23.1 Å². The first kappa shape index (κ1) is 15.5. The fourth-order valence-electron chi connectivity index (χ4n) is 1.98. The van der Waals surface area contributed by atoms with Crippen LogP contribution in [0.25, 0.3) is 0 Å². The number of nitrogens with one attached hydrogen (secondary N) is 1. The Morgan fingerprint density at radius 2 is 1.86 bits per heavy atom. The average molecular weight is 304 g/mol. The first-order valence-electron chi connectivity index (χ1n) is 6.80. The zero-order valence-corrected chi connectivity index (χ0v) is 12.6. The molecule has 0 saturated heterocycles. The number of aliphatic hydroxyl groups excluding tert-OH is 1. The van der Waals surface area contributed by atoms with Crippen LogP contribution in [0.3, 0.4) is 0 Å². The average Bonchev–Trinajstić information content (AvgIpc) is 2.53. The Kier molecular flexibility index (Phi) is 5.37. The lowest BCUT2D eigenvalue weighted by atomic mass is 10.0. The Morgan fingerprint density at radius 1 is 1.19 bits per heavy atom. The zero-order chi connectivity index (χ0) is 15.2. The molecule has 21 heavy (non-hydrogen) atoms. The Bertz CT molecular complexity index is 610. The molecule has 2 aromatic rings. The van der Waals surface area contributed by atoms with Crippen molar-refractivity contribution in [3.63, 3.8) is 0 Å². The van der Waals surface area contributed by atoms with Gasteiger partial charge >= 0.3 is 0 Å². The number of hydrogen-bond acceptors (Lipinski definition) is 3. The quantitative estimate of drug-likeness (QED) is 0.636. The molecular weight excluding hydrogens is 286 g/mol. The summed E-state index contributed by atoms with van der Waals surface area (Å²) in [6, 6.07) is 14.7. The van der Waals surface area contributed by atoms with Gasteiger partial charge in [-0.05, 0) is 19.1 Å². The number of hydrogen-bond donors (Lipinski definition) is 2. The number of alkyl halides is 1. The molecule has 0 heterocycles. The van der Waals surface area contributed by atoms with Gasteiger partial charge in [0, 0.05) is 23.4 Å². The van der Waals surface area contributed by atoms with Crippen LogP contribution in [-0.2, 0) is 0 Å². The lowest BCUT2D eigenvalue weighted by molar-refractivity contribution is 0.103. The highest BCUT2D eigenvalue weighted by molar-refractivity contribution is 6.18. The Hall–Kier alpha value is -1.84. The van der Waals surface area contributed by atoms with Crippen molar-refractivity contribution in [2.75, 3.05) is 17.7 Å². The first-order valence-corrected chi connectivity index (χ1v) is 7.33. The molecule has 0 saturated carbocycles. The minimum atomic E-state index is -0.644. The number of ketones is 1. The van der Waals surface area contributed by atoms with Crippen LogP contribution >= 0.6 is 11.6 Å². The molecule has 0 aromatic heterocycles. The summed E-state index contributed by atoms with van der Waals surface area (Å²) < 4.78 is 0. The van der Waals surface area contributed by atoms with E-state index in [9.17, 15) is 9.90 Å². The lowest BCUT2D eigenvalue weighted by Crippen LogP contribution is -2.21. The zero-order valence-electron chi connectivity index (χ0n) is 11.8. The van der Waals surface area contributed by atoms with E-state index in [1.54, 1.807) is 6.07 Å². The molecule has 110 valence electrons. The van der Waals surface area contributed by atoms with Gasteiger partial charge in [-0.2, -0.15) is 0 Å². The van der Waals surface area contributed by atoms with Crippen LogP contribution in [0, 0.1) is 6.92 Å². The van der Waals surface area contributed by atoms with Gasteiger partial charge in [-0.25, -0.2) is 0 Å². The lowest BCUT2D eigenvalue weighted by Gasteiger charge is -2.13. The van der Waals surface area contributed by atoms with Crippen molar-refractivity contribution < 1.29 is 9.90 Å². The summed E-state index contributed by atoms with van der Waals surface area (Å²) in [6.07, 6.45) is -0.644. The normalized spacial score (nSPS) is 12.0. The van der Waals surface area contributed by atoms with Gasteiger partial charge in [-0.15, -0.1) is 11.6 Å². The Labute approximate surface area is 129 Å². The fraction of sp³-hybridized carbons (Fsp3) is 0.235. The van der Waals surface area contributed by atoms with Crippen molar-refractivity contribution in [2.45, 2.75) is 13.0 Å². The second-order valence-corrected chi connectivity index (χ2v) is 5.24. The number of anilines is 1. The smallest absolute Gasteiger partial charge is 0.195 e. The third-order valence-corrected chi connectivity index (χ3v) is 3.55. The molecule has 0 aliphatic rings. The minimum Gasteiger partial charge on any atom is -0.390 e. The van der Waals surface area contributed by atoms with Gasteiger partial charge in [0.1, 0.15) is 0 Å². The highest BCUT2D eigenvalue weighted by atomic mass is 35.5. The standard InChI is InChI=1S/C17H18ClNO2/c1-12-6-8-13(9-7-12)17(21)15-4-2-3-5-16(15)19-11-14(20)10-18/h2-9,14,19-20H,10-11H2,1H3.